The molecule has 0 saturated carbocycles. The molecule has 0 radical (unpaired) electrons. The van der Waals surface area contributed by atoms with Gasteiger partial charge in [-0.2, -0.15) is 13.2 Å². The number of halogens is 6. The lowest BCUT2D eigenvalue weighted by Gasteiger charge is -2.45. The second-order valence-electron chi connectivity index (χ2n) is 9.40. The van der Waals surface area contributed by atoms with Crippen LogP contribution < -0.4 is 15.5 Å². The van der Waals surface area contributed by atoms with Gasteiger partial charge in [-0.25, -0.2) is 13.8 Å². The molecule has 13 heteroatoms. The van der Waals surface area contributed by atoms with Crippen molar-refractivity contribution in [3.8, 4) is 0 Å². The van der Waals surface area contributed by atoms with Gasteiger partial charge in [0.05, 0.1) is 22.9 Å². The molecule has 3 aromatic rings. The van der Waals surface area contributed by atoms with Gasteiger partial charge >= 0.3 is 6.18 Å². The molecule has 2 aliphatic rings. The number of alkyl halides is 3. The predicted octanol–water partition coefficient (Wildman–Crippen LogP) is 4.69. The van der Waals surface area contributed by atoms with Crippen molar-refractivity contribution in [1.82, 2.24) is 10.3 Å². The average molecular weight is 553 g/mol. The molecule has 38 heavy (non-hydrogen) atoms. The number of hydrogen-bond acceptors (Lipinski definition) is 5. The van der Waals surface area contributed by atoms with Gasteiger partial charge in [-0.3, -0.25) is 9.59 Å². The van der Waals surface area contributed by atoms with Crippen LogP contribution in [-0.2, 0) is 6.18 Å². The third kappa shape index (κ3) is 4.76. The molecule has 3 N–H and O–H groups in total. The molecule has 3 heterocycles. The largest absolute Gasteiger partial charge is 0.416 e. The normalized spacial score (nSPS) is 18.1. The van der Waals surface area contributed by atoms with E-state index >= 15 is 0 Å². The van der Waals surface area contributed by atoms with Crippen molar-refractivity contribution in [2.45, 2.75) is 24.7 Å². The maximum absolute atomic E-state index is 14.1. The van der Waals surface area contributed by atoms with Gasteiger partial charge in [0.15, 0.2) is 0 Å². The summed E-state index contributed by atoms with van der Waals surface area (Å²) < 4.78 is 67.6. The first-order valence-electron chi connectivity index (χ1n) is 11.2. The molecule has 0 spiro atoms. The number of aliphatic hydroxyl groups is 1. The quantitative estimate of drug-likeness (QED) is 0.408. The van der Waals surface area contributed by atoms with Gasteiger partial charge in [0.25, 0.3) is 11.8 Å². The fourth-order valence-corrected chi connectivity index (χ4v) is 4.76. The van der Waals surface area contributed by atoms with Gasteiger partial charge < -0.3 is 20.6 Å². The monoisotopic (exact) mass is 552 g/mol. The summed E-state index contributed by atoms with van der Waals surface area (Å²) in [7, 11) is 0. The topological polar surface area (TPSA) is 94.6 Å². The fourth-order valence-electron chi connectivity index (χ4n) is 4.53. The standard InChI is InChI=1S/C25H18ClF5N4O3/c1-24(38)9-35(10-24)18-8-17(32-22(36)11-4-12(25(29,30)31)6-14(28)5-11)19-20(34-23(37)21(19)33-18)15-7-13(27)2-3-16(15)26/h2-8,20,38H,9-10H2,1H3,(H,34,37)(H,32,33,36). The lowest BCUT2D eigenvalue weighted by atomic mass is 9.95. The smallest absolute Gasteiger partial charge is 0.386 e. The number of rotatable bonds is 4. The van der Waals surface area contributed by atoms with E-state index in [2.05, 4.69) is 15.6 Å². The Balaban J connectivity index is 1.61. The third-order valence-corrected chi connectivity index (χ3v) is 6.56. The summed E-state index contributed by atoms with van der Waals surface area (Å²) >= 11 is 6.26. The summed E-state index contributed by atoms with van der Waals surface area (Å²) in [5.74, 6) is -3.48. The first-order chi connectivity index (χ1) is 17.7. The number of carbonyl (C=O) groups is 2. The molecule has 5 rings (SSSR count). The lowest BCUT2D eigenvalue weighted by molar-refractivity contribution is -0.137. The van der Waals surface area contributed by atoms with Gasteiger partial charge in [0, 0.05) is 40.9 Å². The second-order valence-corrected chi connectivity index (χ2v) is 9.80. The summed E-state index contributed by atoms with van der Waals surface area (Å²) in [4.78, 5) is 31.9. The Morgan fingerprint density at radius 1 is 1.16 bits per heavy atom. The molecule has 1 aromatic heterocycles. The zero-order valence-corrected chi connectivity index (χ0v) is 20.2. The van der Waals surface area contributed by atoms with Crippen molar-refractivity contribution in [3.63, 3.8) is 0 Å². The molecule has 2 aliphatic heterocycles. The minimum Gasteiger partial charge on any atom is -0.386 e. The molecular weight excluding hydrogens is 535 g/mol. The number of benzene rings is 2. The number of pyridine rings is 1. The van der Waals surface area contributed by atoms with E-state index in [1.54, 1.807) is 11.8 Å². The van der Waals surface area contributed by atoms with Crippen LogP contribution in [0.15, 0.2) is 42.5 Å². The average Bonchev–Trinajstić information content (AvgIpc) is 3.14. The van der Waals surface area contributed by atoms with E-state index in [4.69, 9.17) is 11.6 Å². The van der Waals surface area contributed by atoms with Crippen molar-refractivity contribution >= 4 is 34.9 Å². The Hall–Kier alpha value is -3.77. The molecule has 1 saturated heterocycles. The molecular formula is C25H18ClF5N4O3. The van der Waals surface area contributed by atoms with E-state index in [-0.39, 0.29) is 52.5 Å². The number of anilines is 2. The highest BCUT2D eigenvalue weighted by molar-refractivity contribution is 6.31. The molecule has 2 amide bonds. The zero-order chi connectivity index (χ0) is 27.6. The van der Waals surface area contributed by atoms with E-state index in [9.17, 15) is 36.6 Å². The highest BCUT2D eigenvalue weighted by Gasteiger charge is 2.41. The maximum Gasteiger partial charge on any atom is 0.416 e. The number of nitrogens with zero attached hydrogens (tertiary/aromatic N) is 2. The van der Waals surface area contributed by atoms with Crippen molar-refractivity contribution in [1.29, 1.82) is 0 Å². The van der Waals surface area contributed by atoms with Crippen LogP contribution in [0.2, 0.25) is 5.02 Å². The van der Waals surface area contributed by atoms with Crippen LogP contribution in [-0.4, -0.2) is 40.6 Å². The zero-order valence-electron chi connectivity index (χ0n) is 19.5. The molecule has 1 atom stereocenters. The van der Waals surface area contributed by atoms with Crippen LogP contribution in [0.5, 0.6) is 0 Å². The van der Waals surface area contributed by atoms with Crippen LogP contribution >= 0.6 is 11.6 Å². The van der Waals surface area contributed by atoms with E-state index in [1.807, 2.05) is 0 Å². The highest BCUT2D eigenvalue weighted by atomic mass is 35.5. The number of hydrogen-bond donors (Lipinski definition) is 3. The highest BCUT2D eigenvalue weighted by Crippen LogP contribution is 2.41. The van der Waals surface area contributed by atoms with Crippen molar-refractivity contribution in [2.24, 2.45) is 0 Å². The number of β-amino-alcohol motifs (C(OH)–C–C–N with tert-alkyl or cyclic N) is 1. The molecule has 198 valence electrons. The summed E-state index contributed by atoms with van der Waals surface area (Å²) in [6.45, 7) is 1.91. The van der Waals surface area contributed by atoms with E-state index in [0.29, 0.717) is 12.1 Å². The molecule has 2 aromatic carbocycles. The van der Waals surface area contributed by atoms with E-state index in [0.717, 1.165) is 12.1 Å². The number of aromatic nitrogens is 1. The third-order valence-electron chi connectivity index (χ3n) is 6.22. The number of fused-ring (bicyclic) bond motifs is 1. The van der Waals surface area contributed by atoms with Gasteiger partial charge in [-0.1, -0.05) is 11.6 Å². The van der Waals surface area contributed by atoms with Crippen LogP contribution in [0.4, 0.5) is 33.5 Å². The van der Waals surface area contributed by atoms with E-state index in [1.165, 1.54) is 12.1 Å². The fraction of sp³-hybridized carbons (Fsp3) is 0.240. The molecule has 1 unspecified atom stereocenters. The van der Waals surface area contributed by atoms with Gasteiger partial charge in [0.2, 0.25) is 0 Å². The van der Waals surface area contributed by atoms with Gasteiger partial charge in [0.1, 0.15) is 23.1 Å². The molecule has 1 fully saturated rings. The Bertz CT molecular complexity index is 1490. The summed E-state index contributed by atoms with van der Waals surface area (Å²) in [6.07, 6.45) is -4.90. The number of amides is 2. The summed E-state index contributed by atoms with van der Waals surface area (Å²) in [5, 5.41) is 15.3. The first kappa shape index (κ1) is 25.9. The second kappa shape index (κ2) is 8.91. The predicted molar refractivity (Wildman–Crippen MR) is 127 cm³/mol. The minimum atomic E-state index is -4.90. The van der Waals surface area contributed by atoms with Crippen LogP contribution in [0, 0.1) is 11.6 Å². The number of carbonyl (C=O) groups excluding carboxylic acids is 2. The molecule has 0 bridgehead atoms. The van der Waals surface area contributed by atoms with Crippen LogP contribution in [0.1, 0.15) is 50.5 Å². The summed E-state index contributed by atoms with van der Waals surface area (Å²) in [6, 6.07) is 5.21. The van der Waals surface area contributed by atoms with Crippen molar-refractivity contribution < 1.29 is 36.6 Å². The molecule has 0 aliphatic carbocycles. The number of nitrogens with one attached hydrogen (secondary N) is 2. The first-order valence-corrected chi connectivity index (χ1v) is 11.6. The van der Waals surface area contributed by atoms with Crippen molar-refractivity contribution in [3.05, 3.63) is 87.1 Å². The minimum absolute atomic E-state index is 0.0389. The van der Waals surface area contributed by atoms with Crippen molar-refractivity contribution in [2.75, 3.05) is 23.3 Å². The Morgan fingerprint density at radius 2 is 1.87 bits per heavy atom. The summed E-state index contributed by atoms with van der Waals surface area (Å²) in [5.41, 5.74) is -2.91. The lowest BCUT2D eigenvalue weighted by Crippen LogP contribution is -2.60. The SMILES string of the molecule is CC1(O)CN(c2cc(NC(=O)c3cc(F)cc(C(F)(F)F)c3)c3c(n2)C(=O)NC3c2cc(F)ccc2Cl)C1. The van der Waals surface area contributed by atoms with Gasteiger partial charge in [-0.05, 0) is 43.3 Å². The van der Waals surface area contributed by atoms with E-state index < -0.39 is 52.4 Å². The molecule has 7 nitrogen and oxygen atoms in total. The Labute approximate surface area is 217 Å². The maximum atomic E-state index is 14.1. The Morgan fingerprint density at radius 3 is 2.53 bits per heavy atom. The van der Waals surface area contributed by atoms with Gasteiger partial charge in [-0.15, -0.1) is 0 Å². The Kier molecular flexibility index (Phi) is 6.07. The van der Waals surface area contributed by atoms with Crippen LogP contribution in [0.25, 0.3) is 0 Å². The van der Waals surface area contributed by atoms with Crippen LogP contribution in [0.3, 0.4) is 0 Å².